The number of alkyl halides is 3. The van der Waals surface area contributed by atoms with Crippen LogP contribution in [0.1, 0.15) is 36.4 Å². The van der Waals surface area contributed by atoms with Gasteiger partial charge in [-0.3, -0.25) is 9.59 Å². The lowest BCUT2D eigenvalue weighted by Crippen LogP contribution is -2.53. The summed E-state index contributed by atoms with van der Waals surface area (Å²) < 4.78 is 38.0. The summed E-state index contributed by atoms with van der Waals surface area (Å²) in [6, 6.07) is 5.50. The molecule has 1 saturated carbocycles. The maximum Gasteiger partial charge on any atom is 0.471 e. The highest BCUT2D eigenvalue weighted by Gasteiger charge is 2.55. The molecule has 0 heterocycles. The van der Waals surface area contributed by atoms with Crippen molar-refractivity contribution < 1.29 is 22.8 Å². The minimum atomic E-state index is -4.98. The Morgan fingerprint density at radius 2 is 1.96 bits per heavy atom. The van der Waals surface area contributed by atoms with E-state index in [-0.39, 0.29) is 18.9 Å². The monoisotopic (exact) mass is 390 g/mol. The zero-order valence-electron chi connectivity index (χ0n) is 12.0. The molecule has 3 rings (SSSR count). The minimum Gasteiger partial charge on any atom is -0.347 e. The van der Waals surface area contributed by atoms with Crippen LogP contribution in [0.15, 0.2) is 22.7 Å². The lowest BCUT2D eigenvalue weighted by atomic mass is 10.1. The van der Waals surface area contributed by atoms with E-state index in [9.17, 15) is 22.8 Å². The van der Waals surface area contributed by atoms with Crippen LogP contribution < -0.4 is 10.6 Å². The predicted octanol–water partition coefficient (Wildman–Crippen LogP) is 2.76. The molecule has 1 aromatic rings. The van der Waals surface area contributed by atoms with Gasteiger partial charge in [0.2, 0.25) is 5.91 Å². The van der Waals surface area contributed by atoms with E-state index >= 15 is 0 Å². The molecule has 2 N–H and O–H groups in total. The molecule has 1 aromatic carbocycles. The molecule has 0 aliphatic heterocycles. The van der Waals surface area contributed by atoms with Crippen molar-refractivity contribution in [2.75, 3.05) is 0 Å². The van der Waals surface area contributed by atoms with Crippen molar-refractivity contribution in [1.82, 2.24) is 10.6 Å². The van der Waals surface area contributed by atoms with Crippen LogP contribution in [-0.2, 0) is 16.0 Å². The third-order valence-electron chi connectivity index (χ3n) is 4.28. The van der Waals surface area contributed by atoms with Gasteiger partial charge in [0.25, 0.3) is 0 Å². The number of fused-ring (bicyclic) bond motifs is 1. The molecule has 2 aliphatic carbocycles. The van der Waals surface area contributed by atoms with Gasteiger partial charge in [-0.05, 0) is 48.9 Å². The summed E-state index contributed by atoms with van der Waals surface area (Å²) in [4.78, 5) is 23.4. The number of halogens is 4. The first-order valence-electron chi connectivity index (χ1n) is 7.20. The van der Waals surface area contributed by atoms with Crippen molar-refractivity contribution in [3.8, 4) is 0 Å². The van der Waals surface area contributed by atoms with Gasteiger partial charge in [0.15, 0.2) is 0 Å². The Balaban J connectivity index is 1.68. The van der Waals surface area contributed by atoms with E-state index in [1.165, 1.54) is 0 Å². The standard InChI is InChI=1S/C15H14BrF3N2O2/c16-9-2-3-10-8(7-9)1-4-11(10)20-12(22)14(5-6-14)21-13(23)15(17,18)19/h2-3,7,11H,1,4-6H2,(H,20,22)(H,21,23)/t11-/m0/s1. The minimum absolute atomic E-state index is 0.223. The summed E-state index contributed by atoms with van der Waals surface area (Å²) in [5.41, 5.74) is 0.665. The van der Waals surface area contributed by atoms with Crippen molar-refractivity contribution in [3.63, 3.8) is 0 Å². The molecule has 0 unspecified atom stereocenters. The fourth-order valence-electron chi connectivity index (χ4n) is 2.85. The van der Waals surface area contributed by atoms with Crippen molar-refractivity contribution in [3.05, 3.63) is 33.8 Å². The Hall–Kier alpha value is -1.57. The molecule has 8 heteroatoms. The second-order valence-electron chi connectivity index (χ2n) is 5.94. The van der Waals surface area contributed by atoms with Crippen LogP contribution >= 0.6 is 15.9 Å². The lowest BCUT2D eigenvalue weighted by molar-refractivity contribution is -0.175. The number of nitrogens with one attached hydrogen (secondary N) is 2. The van der Waals surface area contributed by atoms with E-state index < -0.39 is 23.5 Å². The predicted molar refractivity (Wildman–Crippen MR) is 79.5 cm³/mol. The summed E-state index contributed by atoms with van der Waals surface area (Å²) in [6.45, 7) is 0. The molecule has 1 fully saturated rings. The summed E-state index contributed by atoms with van der Waals surface area (Å²) in [6.07, 6.45) is -3.05. The number of aryl methyl sites for hydroxylation is 1. The van der Waals surface area contributed by atoms with E-state index in [0.29, 0.717) is 6.42 Å². The third kappa shape index (κ3) is 3.22. The quantitative estimate of drug-likeness (QED) is 0.833. The Bertz CT molecular complexity index is 671. The van der Waals surface area contributed by atoms with Crippen molar-refractivity contribution >= 4 is 27.7 Å². The molecule has 23 heavy (non-hydrogen) atoms. The van der Waals surface area contributed by atoms with Gasteiger partial charge in [0.1, 0.15) is 5.54 Å². The van der Waals surface area contributed by atoms with Gasteiger partial charge >= 0.3 is 12.1 Å². The van der Waals surface area contributed by atoms with Crippen LogP contribution in [-0.4, -0.2) is 23.5 Å². The number of hydrogen-bond donors (Lipinski definition) is 2. The van der Waals surface area contributed by atoms with E-state index in [1.807, 2.05) is 23.5 Å². The Kier molecular flexibility index (Phi) is 3.90. The molecule has 2 aliphatic rings. The molecule has 4 nitrogen and oxygen atoms in total. The van der Waals surface area contributed by atoms with Crippen LogP contribution in [0.2, 0.25) is 0 Å². The van der Waals surface area contributed by atoms with Gasteiger partial charge in [-0.2, -0.15) is 13.2 Å². The highest BCUT2D eigenvalue weighted by atomic mass is 79.9. The molecule has 1 atom stereocenters. The van der Waals surface area contributed by atoms with Crippen LogP contribution in [0.25, 0.3) is 0 Å². The molecule has 124 valence electrons. The van der Waals surface area contributed by atoms with Crippen LogP contribution in [0, 0.1) is 0 Å². The number of carbonyl (C=O) groups is 2. The molecule has 0 bridgehead atoms. The molecule has 0 saturated heterocycles. The molecule has 2 amide bonds. The largest absolute Gasteiger partial charge is 0.471 e. The number of hydrogen-bond acceptors (Lipinski definition) is 2. The molecule has 0 radical (unpaired) electrons. The molecule has 0 spiro atoms. The molecular formula is C15H14BrF3N2O2. The maximum absolute atomic E-state index is 12.4. The highest BCUT2D eigenvalue weighted by Crippen LogP contribution is 2.39. The first kappa shape index (κ1) is 16.3. The molecule has 0 aromatic heterocycles. The van der Waals surface area contributed by atoms with Crippen LogP contribution in [0.3, 0.4) is 0 Å². The van der Waals surface area contributed by atoms with Gasteiger partial charge in [0, 0.05) is 4.47 Å². The third-order valence-corrected chi connectivity index (χ3v) is 4.78. The van der Waals surface area contributed by atoms with E-state index in [4.69, 9.17) is 0 Å². The lowest BCUT2D eigenvalue weighted by Gasteiger charge is -2.21. The average Bonchev–Trinajstić information content (AvgIpc) is 3.14. The Morgan fingerprint density at radius 1 is 1.26 bits per heavy atom. The topological polar surface area (TPSA) is 58.2 Å². The van der Waals surface area contributed by atoms with Gasteiger partial charge in [-0.15, -0.1) is 0 Å². The van der Waals surface area contributed by atoms with Gasteiger partial charge in [-0.25, -0.2) is 0 Å². The molecular weight excluding hydrogens is 377 g/mol. The Labute approximate surface area is 138 Å². The first-order chi connectivity index (χ1) is 10.7. The van der Waals surface area contributed by atoms with Crippen LogP contribution in [0.4, 0.5) is 13.2 Å². The van der Waals surface area contributed by atoms with Gasteiger partial charge in [0.05, 0.1) is 6.04 Å². The van der Waals surface area contributed by atoms with Crippen LogP contribution in [0.5, 0.6) is 0 Å². The average molecular weight is 391 g/mol. The number of rotatable bonds is 3. The van der Waals surface area contributed by atoms with Crippen molar-refractivity contribution in [1.29, 1.82) is 0 Å². The van der Waals surface area contributed by atoms with Crippen molar-refractivity contribution in [2.45, 2.75) is 43.4 Å². The van der Waals surface area contributed by atoms with E-state index in [2.05, 4.69) is 21.2 Å². The summed E-state index contributed by atoms with van der Waals surface area (Å²) in [5, 5.41) is 4.61. The van der Waals surface area contributed by atoms with Crippen molar-refractivity contribution in [2.24, 2.45) is 0 Å². The second kappa shape index (κ2) is 5.51. The summed E-state index contributed by atoms with van der Waals surface area (Å²) in [7, 11) is 0. The Morgan fingerprint density at radius 3 is 2.57 bits per heavy atom. The smallest absolute Gasteiger partial charge is 0.347 e. The highest BCUT2D eigenvalue weighted by molar-refractivity contribution is 9.10. The van der Waals surface area contributed by atoms with E-state index in [1.54, 1.807) is 0 Å². The van der Waals surface area contributed by atoms with E-state index in [0.717, 1.165) is 22.0 Å². The zero-order chi connectivity index (χ0) is 16.8. The van der Waals surface area contributed by atoms with Gasteiger partial charge < -0.3 is 10.6 Å². The summed E-state index contributed by atoms with van der Waals surface area (Å²) >= 11 is 3.38. The zero-order valence-corrected chi connectivity index (χ0v) is 13.6. The fraction of sp³-hybridized carbons (Fsp3) is 0.467. The first-order valence-corrected chi connectivity index (χ1v) is 7.99. The maximum atomic E-state index is 12.4. The summed E-state index contributed by atoms with van der Waals surface area (Å²) in [5.74, 6) is -2.61. The normalized spacial score (nSPS) is 21.5. The SMILES string of the molecule is O=C(NC1(C(=O)N[C@H]2CCc3cc(Br)ccc32)CC1)C(F)(F)F. The number of carbonyl (C=O) groups excluding carboxylic acids is 2. The van der Waals surface area contributed by atoms with Gasteiger partial charge in [-0.1, -0.05) is 22.0 Å². The fourth-order valence-corrected chi connectivity index (χ4v) is 3.26. The number of benzene rings is 1. The number of amides is 2. The second-order valence-corrected chi connectivity index (χ2v) is 6.86.